The van der Waals surface area contributed by atoms with Crippen LogP contribution in [-0.4, -0.2) is 18.1 Å². The standard InChI is InChI=1S/C23H18F2N4O3/c1-31-22-12-20-16(11-18(22)26)21(8-9-27-20)32-15-6-7-19(17(25)10-15)29-23(30)28-14-4-2-13(24)3-5-14/h2-12H,26H2,1H3,(H2,28,29,30). The topological polar surface area (TPSA) is 98.5 Å². The molecule has 0 aliphatic rings. The molecule has 0 saturated carbocycles. The first-order valence-electron chi connectivity index (χ1n) is 9.46. The van der Waals surface area contributed by atoms with Crippen LogP contribution in [0.3, 0.4) is 0 Å². The minimum Gasteiger partial charge on any atom is -0.495 e. The Labute approximate surface area is 181 Å². The summed E-state index contributed by atoms with van der Waals surface area (Å²) < 4.78 is 38.5. The zero-order chi connectivity index (χ0) is 22.7. The van der Waals surface area contributed by atoms with Gasteiger partial charge in [-0.15, -0.1) is 0 Å². The van der Waals surface area contributed by atoms with Crippen LogP contribution >= 0.6 is 0 Å². The molecule has 0 aliphatic heterocycles. The first-order valence-corrected chi connectivity index (χ1v) is 9.46. The molecule has 0 radical (unpaired) electrons. The number of nitrogens with zero attached hydrogens (tertiary/aromatic N) is 1. The minimum atomic E-state index is -0.698. The van der Waals surface area contributed by atoms with Gasteiger partial charge in [-0.2, -0.15) is 0 Å². The number of amides is 2. The van der Waals surface area contributed by atoms with E-state index >= 15 is 0 Å². The molecule has 4 N–H and O–H groups in total. The SMILES string of the molecule is COc1cc2nccc(Oc3ccc(NC(=O)Nc4ccc(F)cc4)c(F)c3)c2cc1N. The van der Waals surface area contributed by atoms with Crippen molar-refractivity contribution >= 4 is 34.0 Å². The van der Waals surface area contributed by atoms with E-state index in [-0.39, 0.29) is 11.4 Å². The van der Waals surface area contributed by atoms with Crippen LogP contribution in [0.1, 0.15) is 0 Å². The number of rotatable bonds is 5. The number of urea groups is 1. The zero-order valence-corrected chi connectivity index (χ0v) is 16.9. The van der Waals surface area contributed by atoms with Gasteiger partial charge in [0.05, 0.1) is 24.0 Å². The van der Waals surface area contributed by atoms with Gasteiger partial charge < -0.3 is 25.8 Å². The van der Waals surface area contributed by atoms with E-state index in [9.17, 15) is 13.6 Å². The number of nitrogen functional groups attached to an aromatic ring is 1. The van der Waals surface area contributed by atoms with Gasteiger partial charge in [0.1, 0.15) is 28.9 Å². The Morgan fingerprint density at radius 1 is 0.969 bits per heavy atom. The molecule has 0 saturated heterocycles. The predicted octanol–water partition coefficient (Wildman–Crippen LogP) is 5.54. The number of benzene rings is 3. The number of anilines is 3. The number of ether oxygens (including phenoxy) is 2. The lowest BCUT2D eigenvalue weighted by Gasteiger charge is -2.12. The van der Waals surface area contributed by atoms with Crippen molar-refractivity contribution < 1.29 is 23.0 Å². The highest BCUT2D eigenvalue weighted by atomic mass is 19.1. The van der Waals surface area contributed by atoms with Crippen LogP contribution in [0, 0.1) is 11.6 Å². The van der Waals surface area contributed by atoms with Crippen molar-refractivity contribution in [2.45, 2.75) is 0 Å². The van der Waals surface area contributed by atoms with Crippen molar-refractivity contribution in [1.82, 2.24) is 4.98 Å². The molecule has 162 valence electrons. The summed E-state index contributed by atoms with van der Waals surface area (Å²) in [5.74, 6) is 0.00706. The zero-order valence-electron chi connectivity index (χ0n) is 16.9. The van der Waals surface area contributed by atoms with Crippen LogP contribution in [0.25, 0.3) is 10.9 Å². The molecule has 0 atom stereocenters. The molecule has 3 aromatic carbocycles. The molecule has 1 heterocycles. The van der Waals surface area contributed by atoms with Crippen molar-refractivity contribution in [1.29, 1.82) is 0 Å². The number of hydrogen-bond acceptors (Lipinski definition) is 5. The van der Waals surface area contributed by atoms with Crippen LogP contribution in [0.2, 0.25) is 0 Å². The van der Waals surface area contributed by atoms with Gasteiger partial charge in [-0.25, -0.2) is 13.6 Å². The Hall–Kier alpha value is -4.40. The molecule has 9 heteroatoms. The predicted molar refractivity (Wildman–Crippen MR) is 118 cm³/mol. The van der Waals surface area contributed by atoms with Gasteiger partial charge in [0.2, 0.25) is 0 Å². The van der Waals surface area contributed by atoms with Gasteiger partial charge in [0.15, 0.2) is 0 Å². The summed E-state index contributed by atoms with van der Waals surface area (Å²) in [6.45, 7) is 0. The highest BCUT2D eigenvalue weighted by Crippen LogP contribution is 2.35. The number of fused-ring (bicyclic) bond motifs is 1. The fraction of sp³-hybridized carbons (Fsp3) is 0.0435. The van der Waals surface area contributed by atoms with E-state index in [1.54, 1.807) is 24.4 Å². The summed E-state index contributed by atoms with van der Waals surface area (Å²) in [5.41, 5.74) is 7.31. The fourth-order valence-electron chi connectivity index (χ4n) is 3.04. The normalized spacial score (nSPS) is 10.6. The Morgan fingerprint density at radius 3 is 2.47 bits per heavy atom. The van der Waals surface area contributed by atoms with Crippen molar-refractivity contribution in [3.8, 4) is 17.2 Å². The number of hydrogen-bond donors (Lipinski definition) is 3. The average molecular weight is 436 g/mol. The summed E-state index contributed by atoms with van der Waals surface area (Å²) in [6.07, 6.45) is 1.55. The summed E-state index contributed by atoms with van der Waals surface area (Å²) in [4.78, 5) is 16.4. The molecule has 1 aromatic heterocycles. The van der Waals surface area contributed by atoms with E-state index in [0.29, 0.717) is 33.8 Å². The van der Waals surface area contributed by atoms with Gasteiger partial charge in [0, 0.05) is 29.4 Å². The number of methoxy groups -OCH3 is 1. The largest absolute Gasteiger partial charge is 0.495 e. The molecule has 0 aliphatic carbocycles. The van der Waals surface area contributed by atoms with Gasteiger partial charge >= 0.3 is 6.03 Å². The van der Waals surface area contributed by atoms with E-state index in [4.69, 9.17) is 15.2 Å². The third-order valence-electron chi connectivity index (χ3n) is 4.57. The van der Waals surface area contributed by atoms with Crippen molar-refractivity contribution in [3.05, 3.63) is 78.5 Å². The molecular formula is C23H18F2N4O3. The van der Waals surface area contributed by atoms with Gasteiger partial charge in [-0.1, -0.05) is 0 Å². The monoisotopic (exact) mass is 436 g/mol. The Balaban J connectivity index is 1.50. The number of nitrogens with two attached hydrogens (primary N) is 1. The lowest BCUT2D eigenvalue weighted by atomic mass is 10.1. The van der Waals surface area contributed by atoms with E-state index in [2.05, 4.69) is 15.6 Å². The number of nitrogens with one attached hydrogen (secondary N) is 2. The summed E-state index contributed by atoms with van der Waals surface area (Å²) in [5, 5.41) is 5.52. The molecule has 0 unspecified atom stereocenters. The second-order valence-electron chi connectivity index (χ2n) is 6.75. The molecule has 4 rings (SSSR count). The van der Waals surface area contributed by atoms with E-state index in [0.717, 1.165) is 6.07 Å². The first kappa shape index (κ1) is 20.9. The molecule has 0 fully saturated rings. The van der Waals surface area contributed by atoms with E-state index in [1.807, 2.05) is 0 Å². The molecular weight excluding hydrogens is 418 g/mol. The Kier molecular flexibility index (Phi) is 5.71. The van der Waals surface area contributed by atoms with Gasteiger partial charge in [0.25, 0.3) is 0 Å². The van der Waals surface area contributed by atoms with Crippen molar-refractivity contribution in [3.63, 3.8) is 0 Å². The van der Waals surface area contributed by atoms with E-state index < -0.39 is 17.7 Å². The third-order valence-corrected chi connectivity index (χ3v) is 4.57. The second kappa shape index (κ2) is 8.76. The molecule has 7 nitrogen and oxygen atoms in total. The molecule has 0 spiro atoms. The Bertz CT molecular complexity index is 1300. The first-order chi connectivity index (χ1) is 15.4. The lowest BCUT2D eigenvalue weighted by molar-refractivity contribution is 0.262. The summed E-state index contributed by atoms with van der Waals surface area (Å²) >= 11 is 0. The summed E-state index contributed by atoms with van der Waals surface area (Å²) in [7, 11) is 1.51. The van der Waals surface area contributed by atoms with Crippen LogP contribution in [0.15, 0.2) is 66.9 Å². The van der Waals surface area contributed by atoms with E-state index in [1.165, 1.54) is 43.5 Å². The maximum atomic E-state index is 14.6. The van der Waals surface area contributed by atoms with Gasteiger partial charge in [-0.05, 0) is 48.5 Å². The van der Waals surface area contributed by atoms with Crippen LogP contribution in [0.4, 0.5) is 30.6 Å². The number of carbonyl (C=O) groups excluding carboxylic acids is 1. The van der Waals surface area contributed by atoms with Crippen LogP contribution in [0.5, 0.6) is 17.2 Å². The molecule has 2 amide bonds. The number of pyridine rings is 1. The fourth-order valence-corrected chi connectivity index (χ4v) is 3.04. The number of aromatic nitrogens is 1. The van der Waals surface area contributed by atoms with Crippen LogP contribution < -0.4 is 25.8 Å². The van der Waals surface area contributed by atoms with Gasteiger partial charge in [-0.3, -0.25) is 4.98 Å². The maximum Gasteiger partial charge on any atom is 0.323 e. The smallest absolute Gasteiger partial charge is 0.323 e. The number of carbonyl (C=O) groups is 1. The molecule has 32 heavy (non-hydrogen) atoms. The molecule has 4 aromatic rings. The quantitative estimate of drug-likeness (QED) is 0.357. The van der Waals surface area contributed by atoms with Crippen molar-refractivity contribution in [2.24, 2.45) is 0 Å². The van der Waals surface area contributed by atoms with Crippen molar-refractivity contribution in [2.75, 3.05) is 23.5 Å². The lowest BCUT2D eigenvalue weighted by Crippen LogP contribution is -2.20. The number of halogens is 2. The minimum absolute atomic E-state index is 0.0504. The van der Waals surface area contributed by atoms with Crippen LogP contribution in [-0.2, 0) is 0 Å². The molecule has 0 bridgehead atoms. The second-order valence-corrected chi connectivity index (χ2v) is 6.75. The summed E-state index contributed by atoms with van der Waals surface area (Å²) in [6, 6.07) is 13.5. The average Bonchev–Trinajstić information content (AvgIpc) is 2.77. The highest BCUT2D eigenvalue weighted by molar-refractivity contribution is 5.99. The maximum absolute atomic E-state index is 14.6. The third kappa shape index (κ3) is 4.51. The highest BCUT2D eigenvalue weighted by Gasteiger charge is 2.12. The Morgan fingerprint density at radius 2 is 1.75 bits per heavy atom.